The lowest BCUT2D eigenvalue weighted by Crippen LogP contribution is -2.38. The van der Waals surface area contributed by atoms with Crippen molar-refractivity contribution in [3.63, 3.8) is 0 Å². The molecule has 8 heteroatoms. The molecule has 1 fully saturated rings. The van der Waals surface area contributed by atoms with Gasteiger partial charge in [0.2, 0.25) is 5.91 Å². The van der Waals surface area contributed by atoms with Crippen LogP contribution in [0.15, 0.2) is 47.4 Å². The molecule has 2 aromatic carbocycles. The highest BCUT2D eigenvalue weighted by Gasteiger charge is 2.26. The number of thiazole rings is 1. The first-order chi connectivity index (χ1) is 15.2. The van der Waals surface area contributed by atoms with Crippen LogP contribution < -0.4 is 14.4 Å². The minimum absolute atomic E-state index is 0.0282. The van der Waals surface area contributed by atoms with Gasteiger partial charge in [-0.3, -0.25) is 9.69 Å². The lowest BCUT2D eigenvalue weighted by molar-refractivity contribution is -0.116. The molecule has 0 saturated carbocycles. The first-order valence-corrected chi connectivity index (χ1v) is 12.2. The Morgan fingerprint density at radius 1 is 1.26 bits per heavy atom. The summed E-state index contributed by atoms with van der Waals surface area (Å²) >= 11 is 3.03. The normalized spacial score (nSPS) is 15.9. The number of rotatable bonds is 9. The molecule has 1 atom stereocenters. The summed E-state index contributed by atoms with van der Waals surface area (Å²) in [6, 6.07) is 13.6. The second kappa shape index (κ2) is 10.3. The molecule has 1 unspecified atom stereocenters. The molecular formula is C23H26N2O4S2. The molecule has 3 aromatic rings. The molecule has 31 heavy (non-hydrogen) atoms. The van der Waals surface area contributed by atoms with E-state index >= 15 is 0 Å². The third kappa shape index (κ3) is 5.50. The monoisotopic (exact) mass is 458 g/mol. The molecule has 4 rings (SSSR count). The molecule has 0 aliphatic carbocycles. The number of hydrogen-bond donors (Lipinski definition) is 0. The lowest BCUT2D eigenvalue weighted by Gasteiger charge is -2.23. The largest absolute Gasteiger partial charge is 0.497 e. The zero-order chi connectivity index (χ0) is 21.6. The molecule has 0 radical (unpaired) electrons. The maximum Gasteiger partial charge on any atom is 0.239 e. The van der Waals surface area contributed by atoms with Gasteiger partial charge >= 0.3 is 0 Å². The summed E-state index contributed by atoms with van der Waals surface area (Å²) in [6.45, 7) is 3.86. The first-order valence-electron chi connectivity index (χ1n) is 10.4. The van der Waals surface area contributed by atoms with E-state index in [1.807, 2.05) is 49.4 Å². The number of benzene rings is 2. The molecule has 0 spiro atoms. The van der Waals surface area contributed by atoms with Crippen LogP contribution in [-0.2, 0) is 9.53 Å². The van der Waals surface area contributed by atoms with Gasteiger partial charge in [0.1, 0.15) is 11.5 Å². The van der Waals surface area contributed by atoms with Crippen LogP contribution in [-0.4, -0.2) is 49.6 Å². The molecule has 0 bridgehead atoms. The summed E-state index contributed by atoms with van der Waals surface area (Å²) in [5, 5.41) is 0.708. The van der Waals surface area contributed by atoms with Crippen molar-refractivity contribution in [1.29, 1.82) is 0 Å². The molecule has 1 aliphatic rings. The van der Waals surface area contributed by atoms with E-state index in [0.29, 0.717) is 24.0 Å². The Kier molecular flexibility index (Phi) is 7.32. The highest BCUT2D eigenvalue weighted by atomic mass is 32.2. The van der Waals surface area contributed by atoms with Crippen molar-refractivity contribution in [2.45, 2.75) is 30.8 Å². The van der Waals surface area contributed by atoms with Crippen LogP contribution in [0, 0.1) is 0 Å². The fraction of sp³-hybridized carbons (Fsp3) is 0.391. The van der Waals surface area contributed by atoms with Gasteiger partial charge in [0, 0.05) is 11.5 Å². The van der Waals surface area contributed by atoms with Gasteiger partial charge in [0.15, 0.2) is 5.13 Å². The number of thioether (sulfide) groups is 1. The van der Waals surface area contributed by atoms with E-state index in [9.17, 15) is 4.79 Å². The number of fused-ring (bicyclic) bond motifs is 1. The van der Waals surface area contributed by atoms with E-state index in [-0.39, 0.29) is 12.0 Å². The SMILES string of the molecule is CCOc1ccc2nc(N(CC3CCCO3)C(=O)CSc3ccc(OC)cc3)sc2c1. The number of amides is 1. The van der Waals surface area contributed by atoms with Gasteiger partial charge in [-0.2, -0.15) is 0 Å². The molecule has 2 heterocycles. The van der Waals surface area contributed by atoms with Gasteiger partial charge in [-0.25, -0.2) is 4.98 Å². The number of hydrogen-bond acceptors (Lipinski definition) is 7. The van der Waals surface area contributed by atoms with Crippen LogP contribution in [0.5, 0.6) is 11.5 Å². The van der Waals surface area contributed by atoms with E-state index in [1.54, 1.807) is 12.0 Å². The standard InChI is InChI=1S/C23H26N2O4S2/c1-3-28-17-8-11-20-21(13-17)31-23(24-20)25(14-18-5-4-12-29-18)22(26)15-30-19-9-6-16(27-2)7-10-19/h6-11,13,18H,3-5,12,14-15H2,1-2H3. The fourth-order valence-electron chi connectivity index (χ4n) is 3.44. The summed E-state index contributed by atoms with van der Waals surface area (Å²) in [4.78, 5) is 20.8. The molecule has 6 nitrogen and oxygen atoms in total. The first kappa shape index (κ1) is 21.9. The quantitative estimate of drug-likeness (QED) is 0.420. The molecule has 1 amide bonds. The minimum atomic E-state index is 0.0282. The van der Waals surface area contributed by atoms with Crippen molar-refractivity contribution >= 4 is 44.4 Å². The third-order valence-electron chi connectivity index (χ3n) is 5.02. The van der Waals surface area contributed by atoms with Crippen LogP contribution in [0.3, 0.4) is 0 Å². The number of methoxy groups -OCH3 is 1. The van der Waals surface area contributed by atoms with Gasteiger partial charge in [0.05, 0.1) is 42.3 Å². The van der Waals surface area contributed by atoms with E-state index in [0.717, 1.165) is 46.1 Å². The van der Waals surface area contributed by atoms with Crippen molar-refractivity contribution < 1.29 is 19.0 Å². The summed E-state index contributed by atoms with van der Waals surface area (Å²) in [5.74, 6) is 1.98. The van der Waals surface area contributed by atoms with Crippen molar-refractivity contribution in [2.75, 3.05) is 37.5 Å². The summed E-state index contributed by atoms with van der Waals surface area (Å²) in [6.07, 6.45) is 2.06. The van der Waals surface area contributed by atoms with Crippen LogP contribution in [0.4, 0.5) is 5.13 Å². The highest BCUT2D eigenvalue weighted by molar-refractivity contribution is 8.00. The Morgan fingerprint density at radius 2 is 2.06 bits per heavy atom. The third-order valence-corrected chi connectivity index (χ3v) is 7.06. The predicted octanol–water partition coefficient (Wildman–Crippen LogP) is 5.01. The Hall–Kier alpha value is -2.29. The number of carbonyl (C=O) groups excluding carboxylic acids is 1. The molecular weight excluding hydrogens is 432 g/mol. The van der Waals surface area contributed by atoms with E-state index in [2.05, 4.69) is 0 Å². The van der Waals surface area contributed by atoms with Gasteiger partial charge in [-0.05, 0) is 62.2 Å². The summed E-state index contributed by atoms with van der Waals surface area (Å²) in [7, 11) is 1.64. The van der Waals surface area contributed by atoms with Crippen LogP contribution in [0.2, 0.25) is 0 Å². The van der Waals surface area contributed by atoms with E-state index < -0.39 is 0 Å². The second-order valence-corrected chi connectivity index (χ2v) is 9.22. The van der Waals surface area contributed by atoms with E-state index in [4.69, 9.17) is 19.2 Å². The number of carbonyl (C=O) groups is 1. The number of anilines is 1. The van der Waals surface area contributed by atoms with Gasteiger partial charge in [0.25, 0.3) is 0 Å². The zero-order valence-corrected chi connectivity index (χ0v) is 19.3. The lowest BCUT2D eigenvalue weighted by atomic mass is 10.2. The van der Waals surface area contributed by atoms with Crippen LogP contribution >= 0.6 is 23.1 Å². The molecule has 1 aromatic heterocycles. The smallest absolute Gasteiger partial charge is 0.239 e. The molecule has 0 N–H and O–H groups in total. The van der Waals surface area contributed by atoms with Crippen LogP contribution in [0.1, 0.15) is 19.8 Å². The fourth-order valence-corrected chi connectivity index (χ4v) is 5.23. The summed E-state index contributed by atoms with van der Waals surface area (Å²) in [5.41, 5.74) is 0.872. The predicted molar refractivity (Wildman–Crippen MR) is 126 cm³/mol. The molecule has 1 aliphatic heterocycles. The zero-order valence-electron chi connectivity index (χ0n) is 17.7. The van der Waals surface area contributed by atoms with E-state index in [1.165, 1.54) is 23.1 Å². The topological polar surface area (TPSA) is 60.9 Å². The minimum Gasteiger partial charge on any atom is -0.497 e. The Morgan fingerprint density at radius 3 is 2.77 bits per heavy atom. The van der Waals surface area contributed by atoms with Gasteiger partial charge < -0.3 is 14.2 Å². The van der Waals surface area contributed by atoms with Crippen molar-refractivity contribution in [3.05, 3.63) is 42.5 Å². The summed E-state index contributed by atoms with van der Waals surface area (Å²) < 4.78 is 17.6. The van der Waals surface area contributed by atoms with Crippen molar-refractivity contribution in [1.82, 2.24) is 4.98 Å². The highest BCUT2D eigenvalue weighted by Crippen LogP contribution is 2.33. The average Bonchev–Trinajstić information content (AvgIpc) is 3.45. The van der Waals surface area contributed by atoms with Crippen LogP contribution in [0.25, 0.3) is 10.2 Å². The number of aromatic nitrogens is 1. The molecule has 164 valence electrons. The van der Waals surface area contributed by atoms with Crippen molar-refractivity contribution in [2.24, 2.45) is 0 Å². The van der Waals surface area contributed by atoms with Gasteiger partial charge in [-0.15, -0.1) is 11.8 Å². The number of nitrogens with zero attached hydrogens (tertiary/aromatic N) is 2. The Bertz CT molecular complexity index is 1020. The van der Waals surface area contributed by atoms with Gasteiger partial charge in [-0.1, -0.05) is 11.3 Å². The Balaban J connectivity index is 1.52. The maximum absolute atomic E-state index is 13.2. The second-order valence-electron chi connectivity index (χ2n) is 7.16. The van der Waals surface area contributed by atoms with Crippen molar-refractivity contribution in [3.8, 4) is 11.5 Å². The maximum atomic E-state index is 13.2. The molecule has 1 saturated heterocycles. The average molecular weight is 459 g/mol. The Labute approximate surface area is 190 Å². The number of ether oxygens (including phenoxy) is 3.